The van der Waals surface area contributed by atoms with Crippen molar-refractivity contribution in [2.45, 2.75) is 0 Å². The van der Waals surface area contributed by atoms with E-state index >= 15 is 0 Å². The van der Waals surface area contributed by atoms with Crippen LogP contribution in [0.15, 0.2) is 0 Å². The van der Waals surface area contributed by atoms with Crippen LogP contribution in [0.3, 0.4) is 0 Å². The predicted octanol–water partition coefficient (Wildman–Crippen LogP) is -6.23. The van der Waals surface area contributed by atoms with Crippen LogP contribution in [0.1, 0.15) is 0 Å². The van der Waals surface area contributed by atoms with Gasteiger partial charge < -0.3 is 34.0 Å². The molecule has 0 atom stereocenters. The first kappa shape index (κ1) is 16.5. The monoisotopic (exact) mass is 242 g/mol. The molecule has 5 heteroatoms. The molecule has 0 heterocycles. The van der Waals surface area contributed by atoms with Gasteiger partial charge in [0.05, 0.1) is 0 Å². The van der Waals surface area contributed by atoms with E-state index in [1.807, 2.05) is 0 Å². The van der Waals surface area contributed by atoms with Crippen molar-refractivity contribution < 1.29 is 56.7 Å². The van der Waals surface area contributed by atoms with Gasteiger partial charge in [0.2, 0.25) is 0 Å². The van der Waals surface area contributed by atoms with Crippen molar-refractivity contribution in [3.63, 3.8) is 0 Å². The molecule has 32 valence electrons. The van der Waals surface area contributed by atoms with E-state index in [-0.39, 0.29) is 34.0 Å². The van der Waals surface area contributed by atoms with Gasteiger partial charge in [-0.3, -0.25) is 0 Å². The SMILES string of the molecule is [Br-].[Br-].[O]=[Cr+2]=[O]. The van der Waals surface area contributed by atoms with Crippen LogP contribution in [0, 0.1) is 0 Å². The van der Waals surface area contributed by atoms with Crippen LogP contribution in [-0.2, 0) is 22.7 Å². The van der Waals surface area contributed by atoms with Crippen molar-refractivity contribution >= 4 is 0 Å². The summed E-state index contributed by atoms with van der Waals surface area (Å²) in [6.07, 6.45) is 0. The molecule has 0 aromatic heterocycles. The number of hydrogen-bond donors (Lipinski definition) is 0. The maximum atomic E-state index is 8.44. The van der Waals surface area contributed by atoms with Crippen molar-refractivity contribution in [3.05, 3.63) is 0 Å². The number of rotatable bonds is 0. The van der Waals surface area contributed by atoms with Crippen LogP contribution in [0.5, 0.6) is 0 Å². The normalized spacial score (nSPS) is 1.60. The zero-order valence-corrected chi connectivity index (χ0v) is 6.43. The van der Waals surface area contributed by atoms with Crippen molar-refractivity contribution in [1.29, 1.82) is 0 Å². The van der Waals surface area contributed by atoms with Crippen LogP contribution in [0.4, 0.5) is 0 Å². The average molecular weight is 244 g/mol. The standard InChI is InChI=1S/2BrH.Cr.2O/h2*1H;;;/q;;+2;;/p-2. The van der Waals surface area contributed by atoms with E-state index in [1.165, 1.54) is 0 Å². The Morgan fingerprint density at radius 2 is 1.00 bits per heavy atom. The summed E-state index contributed by atoms with van der Waals surface area (Å²) < 4.78 is 16.9. The summed E-state index contributed by atoms with van der Waals surface area (Å²) in [6.45, 7) is 0. The van der Waals surface area contributed by atoms with E-state index in [9.17, 15) is 0 Å². The minimum absolute atomic E-state index is 0. The molecule has 0 rings (SSSR count). The topological polar surface area (TPSA) is 34.1 Å². The summed E-state index contributed by atoms with van der Waals surface area (Å²) in [7, 11) is 0. The molecule has 0 aliphatic heterocycles. The molecular formula is Br2CrO2. The Bertz CT molecular complexity index is 28.6. The summed E-state index contributed by atoms with van der Waals surface area (Å²) in [4.78, 5) is 0. The second kappa shape index (κ2) is 19.5. The van der Waals surface area contributed by atoms with E-state index in [1.54, 1.807) is 0 Å². The fourth-order valence-electron chi connectivity index (χ4n) is 0. The van der Waals surface area contributed by atoms with Gasteiger partial charge in [-0.2, -0.15) is 0 Å². The van der Waals surface area contributed by atoms with Gasteiger partial charge in [-0.1, -0.05) is 0 Å². The first-order valence-electron chi connectivity index (χ1n) is 0.333. The summed E-state index contributed by atoms with van der Waals surface area (Å²) in [5.74, 6) is 0. The van der Waals surface area contributed by atoms with Crippen LogP contribution < -0.4 is 34.0 Å². The molecule has 0 aromatic rings. The Hall–Kier alpha value is 1.09. The van der Waals surface area contributed by atoms with E-state index in [0.717, 1.165) is 0 Å². The molecule has 0 saturated carbocycles. The third-order valence-corrected chi connectivity index (χ3v) is 0. The van der Waals surface area contributed by atoms with Crippen molar-refractivity contribution in [2.24, 2.45) is 0 Å². The molecule has 0 aliphatic rings. The zero-order chi connectivity index (χ0) is 2.71. The average Bonchev–Trinajstić information content (AvgIpc) is 0.918. The fraction of sp³-hybridized carbons (Fsp3) is 0. The molecule has 0 aromatic carbocycles. The molecule has 0 unspecified atom stereocenters. The van der Waals surface area contributed by atoms with Gasteiger partial charge in [0.1, 0.15) is 0 Å². The first-order valence-corrected chi connectivity index (χ1v) is 1.37. The minimum atomic E-state index is -1.62. The molecule has 0 spiro atoms. The van der Waals surface area contributed by atoms with Crippen LogP contribution >= 0.6 is 0 Å². The number of halogens is 2. The van der Waals surface area contributed by atoms with Crippen LogP contribution in [-0.4, -0.2) is 0 Å². The quantitative estimate of drug-likeness (QED) is 0.424. The summed E-state index contributed by atoms with van der Waals surface area (Å²) in [5.41, 5.74) is 0. The van der Waals surface area contributed by atoms with Crippen LogP contribution in [0.2, 0.25) is 0 Å². The molecule has 0 bridgehead atoms. The van der Waals surface area contributed by atoms with E-state index < -0.39 is 15.1 Å². The van der Waals surface area contributed by atoms with Gasteiger partial charge in [0, 0.05) is 0 Å². The van der Waals surface area contributed by atoms with Gasteiger partial charge >= 0.3 is 22.7 Å². The molecular weight excluding hydrogens is 244 g/mol. The van der Waals surface area contributed by atoms with E-state index in [0.29, 0.717) is 0 Å². The zero-order valence-electron chi connectivity index (χ0n) is 1.98. The Kier molecular flexibility index (Phi) is 64.4. The van der Waals surface area contributed by atoms with Crippen molar-refractivity contribution in [3.8, 4) is 0 Å². The second-order valence-corrected chi connectivity index (χ2v) is 0.281. The number of hydrogen-bond acceptors (Lipinski definition) is 2. The molecule has 0 amide bonds. The third kappa shape index (κ3) is 40.8. The third-order valence-electron chi connectivity index (χ3n) is 0. The molecule has 0 radical (unpaired) electrons. The molecule has 0 aliphatic carbocycles. The molecule has 0 saturated heterocycles. The fourth-order valence-corrected chi connectivity index (χ4v) is 0. The van der Waals surface area contributed by atoms with Gasteiger partial charge in [-0.05, 0) is 0 Å². The second-order valence-electron chi connectivity index (χ2n) is 0.0680. The summed E-state index contributed by atoms with van der Waals surface area (Å²) >= 11 is -1.62. The Morgan fingerprint density at radius 3 is 1.00 bits per heavy atom. The van der Waals surface area contributed by atoms with Crippen molar-refractivity contribution in [2.75, 3.05) is 0 Å². The van der Waals surface area contributed by atoms with Gasteiger partial charge in [-0.15, -0.1) is 0 Å². The maximum absolute atomic E-state index is 8.44. The van der Waals surface area contributed by atoms with Gasteiger partial charge in [0.25, 0.3) is 0 Å². The van der Waals surface area contributed by atoms with Gasteiger partial charge in [-0.25, -0.2) is 0 Å². The molecule has 0 N–H and O–H groups in total. The Morgan fingerprint density at radius 1 is 1.00 bits per heavy atom. The molecule has 2 nitrogen and oxygen atoms in total. The molecule has 5 heavy (non-hydrogen) atoms. The summed E-state index contributed by atoms with van der Waals surface area (Å²) in [6, 6.07) is 0. The first-order chi connectivity index (χ1) is 1.41. The predicted molar refractivity (Wildman–Crippen MR) is 1.37 cm³/mol. The van der Waals surface area contributed by atoms with Crippen LogP contribution in [0.25, 0.3) is 0 Å². The Balaban J connectivity index is -0.0000000200. The van der Waals surface area contributed by atoms with Gasteiger partial charge in [0.15, 0.2) is 0 Å². The van der Waals surface area contributed by atoms with E-state index in [4.69, 9.17) is 7.61 Å². The Labute approximate surface area is 56.6 Å². The van der Waals surface area contributed by atoms with Crippen molar-refractivity contribution in [1.82, 2.24) is 0 Å². The van der Waals surface area contributed by atoms with E-state index in [2.05, 4.69) is 0 Å². The summed E-state index contributed by atoms with van der Waals surface area (Å²) in [5, 5.41) is 0. The molecule has 0 fully saturated rings.